The van der Waals surface area contributed by atoms with Crippen LogP contribution in [0.2, 0.25) is 0 Å². The summed E-state index contributed by atoms with van der Waals surface area (Å²) < 4.78 is 5.31. The zero-order chi connectivity index (χ0) is 33.3. The number of rotatable bonds is 11. The zero-order valence-electron chi connectivity index (χ0n) is 26.0. The Morgan fingerprint density at radius 2 is 1.44 bits per heavy atom. The van der Waals surface area contributed by atoms with Crippen molar-refractivity contribution in [3.63, 3.8) is 0 Å². The van der Waals surface area contributed by atoms with Gasteiger partial charge < -0.3 is 25.7 Å². The first kappa shape index (κ1) is 31.9. The molecule has 0 aliphatic rings. The second kappa shape index (κ2) is 15.0. The van der Waals surface area contributed by atoms with Crippen LogP contribution in [-0.2, 0) is 9.59 Å². The number of anilines is 2. The Hall–Kier alpha value is -6.06. The van der Waals surface area contributed by atoms with Crippen molar-refractivity contribution >= 4 is 57.8 Å². The first-order valence-electron chi connectivity index (χ1n) is 15.2. The number of H-pyrrole nitrogens is 1. The van der Waals surface area contributed by atoms with Gasteiger partial charge in [0.25, 0.3) is 11.8 Å². The molecule has 3 amide bonds. The maximum absolute atomic E-state index is 13.8. The number of aromatic nitrogens is 1. The molecule has 48 heavy (non-hydrogen) atoms. The number of hydrogen-bond donors (Lipinski definition) is 4. The third-order valence-electron chi connectivity index (χ3n) is 7.47. The number of para-hydroxylation sites is 1. The fourth-order valence-corrected chi connectivity index (χ4v) is 6.19. The summed E-state index contributed by atoms with van der Waals surface area (Å²) in [6, 6.07) is 40.4. The van der Waals surface area contributed by atoms with Gasteiger partial charge in [0.15, 0.2) is 0 Å². The van der Waals surface area contributed by atoms with Crippen LogP contribution >= 0.6 is 11.8 Å². The van der Waals surface area contributed by atoms with Crippen LogP contribution in [0.15, 0.2) is 150 Å². The Morgan fingerprint density at radius 3 is 2.21 bits per heavy atom. The first-order chi connectivity index (χ1) is 23.5. The predicted octanol–water partition coefficient (Wildman–Crippen LogP) is 8.06. The first-order valence-corrected chi connectivity index (χ1v) is 16.1. The number of nitrogens with one attached hydrogen (secondary N) is 4. The third-order valence-corrected chi connectivity index (χ3v) is 8.72. The molecule has 0 spiro atoms. The molecule has 0 saturated carbocycles. The summed E-state index contributed by atoms with van der Waals surface area (Å²) in [6.45, 7) is 0. The number of benzene rings is 5. The molecule has 238 valence electrons. The highest BCUT2D eigenvalue weighted by Crippen LogP contribution is 2.37. The Balaban J connectivity index is 1.25. The SMILES string of the molecule is COc1cccc(NC(=O)C(Sc2cccc(NC(=O)/C(=C/c3c[nH]c4ccccc34)NC(=O)c3ccccc3)c2)c2ccccc2)c1. The lowest BCUT2D eigenvalue weighted by atomic mass is 10.1. The highest BCUT2D eigenvalue weighted by atomic mass is 32.2. The van der Waals surface area contributed by atoms with Gasteiger partial charge in [0, 0.05) is 50.6 Å². The average molecular weight is 653 g/mol. The number of thioether (sulfide) groups is 1. The van der Waals surface area contributed by atoms with E-state index in [2.05, 4.69) is 20.9 Å². The van der Waals surface area contributed by atoms with Gasteiger partial charge in [-0.25, -0.2) is 0 Å². The molecule has 6 rings (SSSR count). The number of amides is 3. The van der Waals surface area contributed by atoms with Gasteiger partial charge in [0.05, 0.1) is 7.11 Å². The van der Waals surface area contributed by atoms with Crippen LogP contribution in [0.5, 0.6) is 5.75 Å². The number of ether oxygens (including phenoxy) is 1. The van der Waals surface area contributed by atoms with E-state index in [0.717, 1.165) is 26.9 Å². The molecule has 0 radical (unpaired) electrons. The lowest BCUT2D eigenvalue weighted by molar-refractivity contribution is -0.116. The Morgan fingerprint density at radius 1 is 0.750 bits per heavy atom. The third kappa shape index (κ3) is 7.83. The van der Waals surface area contributed by atoms with E-state index in [1.807, 2.05) is 84.9 Å². The van der Waals surface area contributed by atoms with Crippen molar-refractivity contribution in [1.29, 1.82) is 0 Å². The molecule has 8 nitrogen and oxygen atoms in total. The maximum Gasteiger partial charge on any atom is 0.272 e. The molecule has 0 bridgehead atoms. The lowest BCUT2D eigenvalue weighted by Crippen LogP contribution is -2.30. The number of aromatic amines is 1. The summed E-state index contributed by atoms with van der Waals surface area (Å²) in [6.07, 6.45) is 3.45. The van der Waals surface area contributed by atoms with Gasteiger partial charge in [0.1, 0.15) is 16.7 Å². The van der Waals surface area contributed by atoms with E-state index in [-0.39, 0.29) is 11.6 Å². The molecule has 5 aromatic carbocycles. The van der Waals surface area contributed by atoms with E-state index in [1.165, 1.54) is 11.8 Å². The fraction of sp³-hybridized carbons (Fsp3) is 0.0513. The highest BCUT2D eigenvalue weighted by Gasteiger charge is 2.23. The van der Waals surface area contributed by atoms with Crippen molar-refractivity contribution in [3.05, 3.63) is 162 Å². The van der Waals surface area contributed by atoms with E-state index >= 15 is 0 Å². The van der Waals surface area contributed by atoms with E-state index in [4.69, 9.17) is 4.74 Å². The molecular weight excluding hydrogens is 621 g/mol. The standard InChI is InChI=1S/C39H32N4O4S/c1-47-31-18-10-16-29(23-31)42-39(46)36(26-12-4-2-5-13-26)48-32-19-11-17-30(24-32)41-38(45)35(43-37(44)27-14-6-3-7-15-27)22-28-25-40-34-21-9-8-20-33(28)34/h2-25,36,40H,1H3,(H,41,45)(H,42,46)(H,43,44)/b35-22-. The van der Waals surface area contributed by atoms with E-state index in [0.29, 0.717) is 22.7 Å². The number of hydrogen-bond acceptors (Lipinski definition) is 5. The molecule has 6 aromatic rings. The normalized spacial score (nSPS) is 11.8. The molecule has 1 heterocycles. The van der Waals surface area contributed by atoms with Crippen molar-refractivity contribution < 1.29 is 19.1 Å². The minimum Gasteiger partial charge on any atom is -0.497 e. The number of carbonyl (C=O) groups excluding carboxylic acids is 3. The van der Waals surface area contributed by atoms with Crippen LogP contribution in [0.4, 0.5) is 11.4 Å². The molecule has 9 heteroatoms. The summed E-state index contributed by atoms with van der Waals surface area (Å²) in [5.41, 5.74) is 4.11. The Kier molecular flexibility index (Phi) is 9.98. The van der Waals surface area contributed by atoms with E-state index in [9.17, 15) is 14.4 Å². The van der Waals surface area contributed by atoms with Gasteiger partial charge in [0.2, 0.25) is 5.91 Å². The molecule has 1 unspecified atom stereocenters. The smallest absolute Gasteiger partial charge is 0.272 e. The van der Waals surface area contributed by atoms with Crippen LogP contribution in [0, 0.1) is 0 Å². The van der Waals surface area contributed by atoms with Gasteiger partial charge in [-0.2, -0.15) is 0 Å². The molecule has 0 aliphatic heterocycles. The molecular formula is C39H32N4O4S. The number of fused-ring (bicyclic) bond motifs is 1. The van der Waals surface area contributed by atoms with Crippen LogP contribution in [-0.4, -0.2) is 29.8 Å². The molecule has 0 aliphatic carbocycles. The van der Waals surface area contributed by atoms with Crippen molar-refractivity contribution in [1.82, 2.24) is 10.3 Å². The summed E-state index contributed by atoms with van der Waals surface area (Å²) in [5, 5.41) is 9.06. The summed E-state index contributed by atoms with van der Waals surface area (Å²) >= 11 is 1.36. The minimum atomic E-state index is -0.592. The Bertz CT molecular complexity index is 2090. The number of methoxy groups -OCH3 is 1. The molecule has 0 fully saturated rings. The quantitative estimate of drug-likeness (QED) is 0.0836. The fourth-order valence-electron chi connectivity index (χ4n) is 5.10. The zero-order valence-corrected chi connectivity index (χ0v) is 26.8. The van der Waals surface area contributed by atoms with E-state index in [1.54, 1.807) is 67.9 Å². The van der Waals surface area contributed by atoms with Crippen LogP contribution in [0.1, 0.15) is 26.7 Å². The molecule has 1 aromatic heterocycles. The van der Waals surface area contributed by atoms with Crippen LogP contribution in [0.3, 0.4) is 0 Å². The van der Waals surface area contributed by atoms with Gasteiger partial charge in [-0.1, -0.05) is 78.9 Å². The van der Waals surface area contributed by atoms with Gasteiger partial charge in [-0.15, -0.1) is 11.8 Å². The minimum absolute atomic E-state index is 0.0755. The van der Waals surface area contributed by atoms with Crippen LogP contribution in [0.25, 0.3) is 17.0 Å². The largest absolute Gasteiger partial charge is 0.497 e. The molecule has 4 N–H and O–H groups in total. The van der Waals surface area contributed by atoms with Crippen molar-refractivity contribution in [2.75, 3.05) is 17.7 Å². The predicted molar refractivity (Wildman–Crippen MR) is 192 cm³/mol. The summed E-state index contributed by atoms with van der Waals surface area (Å²) in [4.78, 5) is 44.5. The molecule has 0 saturated heterocycles. The van der Waals surface area contributed by atoms with Crippen molar-refractivity contribution in [2.24, 2.45) is 0 Å². The number of carbonyl (C=O) groups is 3. The second-order valence-electron chi connectivity index (χ2n) is 10.8. The topological polar surface area (TPSA) is 112 Å². The lowest BCUT2D eigenvalue weighted by Gasteiger charge is -2.18. The maximum atomic E-state index is 13.8. The van der Waals surface area contributed by atoms with Crippen LogP contribution < -0.4 is 20.7 Å². The van der Waals surface area contributed by atoms with Crippen molar-refractivity contribution in [2.45, 2.75) is 10.1 Å². The van der Waals surface area contributed by atoms with Crippen molar-refractivity contribution in [3.8, 4) is 5.75 Å². The second-order valence-corrected chi connectivity index (χ2v) is 12.0. The molecule has 1 atom stereocenters. The van der Waals surface area contributed by atoms with Gasteiger partial charge in [-0.3, -0.25) is 14.4 Å². The summed E-state index contributed by atoms with van der Waals surface area (Å²) in [5.74, 6) is -0.476. The monoisotopic (exact) mass is 652 g/mol. The Labute approximate surface area is 282 Å². The van der Waals surface area contributed by atoms with E-state index < -0.39 is 17.1 Å². The summed E-state index contributed by atoms with van der Waals surface area (Å²) in [7, 11) is 1.58. The average Bonchev–Trinajstić information content (AvgIpc) is 3.53. The highest BCUT2D eigenvalue weighted by molar-refractivity contribution is 8.00. The van der Waals surface area contributed by atoms with Gasteiger partial charge in [-0.05, 0) is 60.2 Å². The van der Waals surface area contributed by atoms with Gasteiger partial charge >= 0.3 is 0 Å².